The summed E-state index contributed by atoms with van der Waals surface area (Å²) < 4.78 is 0. The van der Waals surface area contributed by atoms with Gasteiger partial charge in [-0.2, -0.15) is 0 Å². The lowest BCUT2D eigenvalue weighted by Crippen LogP contribution is -2.51. The average molecular weight is 237 g/mol. The van der Waals surface area contributed by atoms with Gasteiger partial charge in [-0.15, -0.1) is 0 Å². The highest BCUT2D eigenvalue weighted by Crippen LogP contribution is 2.55. The second-order valence-electron chi connectivity index (χ2n) is 5.66. The molecular formula is C14H17ClO. The van der Waals surface area contributed by atoms with Crippen molar-refractivity contribution in [2.75, 3.05) is 0 Å². The highest BCUT2D eigenvalue weighted by Gasteiger charge is 2.53. The zero-order valence-corrected chi connectivity index (χ0v) is 10.8. The van der Waals surface area contributed by atoms with Gasteiger partial charge in [0.1, 0.15) is 5.78 Å². The maximum absolute atomic E-state index is 11.9. The summed E-state index contributed by atoms with van der Waals surface area (Å²) in [6.45, 7) is 6.12. The van der Waals surface area contributed by atoms with E-state index in [1.807, 2.05) is 24.3 Å². The number of ketones is 1. The number of hydrogen-bond acceptors (Lipinski definition) is 1. The van der Waals surface area contributed by atoms with Gasteiger partial charge in [-0.05, 0) is 42.9 Å². The van der Waals surface area contributed by atoms with Crippen LogP contribution < -0.4 is 0 Å². The molecule has 0 atom stereocenters. The largest absolute Gasteiger partial charge is 0.299 e. The third-order valence-electron chi connectivity index (χ3n) is 3.63. The van der Waals surface area contributed by atoms with Crippen LogP contribution in [0.3, 0.4) is 0 Å². The monoisotopic (exact) mass is 236 g/mol. The van der Waals surface area contributed by atoms with E-state index in [-0.39, 0.29) is 16.6 Å². The second kappa shape index (κ2) is 3.59. The third-order valence-corrected chi connectivity index (χ3v) is 3.88. The number of benzene rings is 1. The summed E-state index contributed by atoms with van der Waals surface area (Å²) >= 11 is 5.87. The van der Waals surface area contributed by atoms with Crippen LogP contribution in [0.2, 0.25) is 5.02 Å². The Morgan fingerprint density at radius 2 is 1.69 bits per heavy atom. The summed E-state index contributed by atoms with van der Waals surface area (Å²) in [4.78, 5) is 11.9. The van der Waals surface area contributed by atoms with Crippen LogP contribution in [0.15, 0.2) is 24.3 Å². The Balaban J connectivity index is 2.36. The summed E-state index contributed by atoms with van der Waals surface area (Å²) in [6, 6.07) is 7.71. The quantitative estimate of drug-likeness (QED) is 0.759. The molecule has 0 unspecified atom stereocenters. The van der Waals surface area contributed by atoms with Gasteiger partial charge < -0.3 is 0 Å². The highest BCUT2D eigenvalue weighted by molar-refractivity contribution is 6.30. The standard InChI is InChI=1S/C14H17ClO/c1-10(16)14(8-13(2,3)9-14)11-4-6-12(15)7-5-11/h4-7H,8-9H2,1-3H3. The Kier molecular flexibility index (Phi) is 2.62. The molecule has 0 N–H and O–H groups in total. The number of carbonyl (C=O) groups excluding carboxylic acids is 1. The van der Waals surface area contributed by atoms with E-state index >= 15 is 0 Å². The lowest BCUT2D eigenvalue weighted by atomic mass is 9.50. The number of carbonyl (C=O) groups is 1. The van der Waals surface area contributed by atoms with E-state index in [1.165, 1.54) is 0 Å². The summed E-state index contributed by atoms with van der Waals surface area (Å²) in [6.07, 6.45) is 1.88. The molecule has 1 saturated carbocycles. The molecule has 1 aromatic rings. The van der Waals surface area contributed by atoms with E-state index in [0.29, 0.717) is 0 Å². The summed E-state index contributed by atoms with van der Waals surface area (Å²) in [5, 5.41) is 0.723. The number of rotatable bonds is 2. The van der Waals surface area contributed by atoms with Gasteiger partial charge in [0.25, 0.3) is 0 Å². The van der Waals surface area contributed by atoms with E-state index < -0.39 is 0 Å². The van der Waals surface area contributed by atoms with E-state index in [0.717, 1.165) is 23.4 Å². The van der Waals surface area contributed by atoms with Crippen LogP contribution in [0.5, 0.6) is 0 Å². The fourth-order valence-electron chi connectivity index (χ4n) is 3.01. The minimum absolute atomic E-state index is 0.256. The molecule has 0 spiro atoms. The molecular weight excluding hydrogens is 220 g/mol. The topological polar surface area (TPSA) is 17.1 Å². The van der Waals surface area contributed by atoms with Gasteiger partial charge >= 0.3 is 0 Å². The predicted molar refractivity (Wildman–Crippen MR) is 66.8 cm³/mol. The first-order valence-electron chi connectivity index (χ1n) is 5.63. The van der Waals surface area contributed by atoms with Crippen LogP contribution in [0.1, 0.15) is 39.2 Å². The van der Waals surface area contributed by atoms with Crippen molar-refractivity contribution in [3.63, 3.8) is 0 Å². The maximum Gasteiger partial charge on any atom is 0.140 e. The van der Waals surface area contributed by atoms with Crippen molar-refractivity contribution in [2.24, 2.45) is 5.41 Å². The molecule has 0 radical (unpaired) electrons. The Hall–Kier alpha value is -0.820. The highest BCUT2D eigenvalue weighted by atomic mass is 35.5. The van der Waals surface area contributed by atoms with Crippen molar-refractivity contribution in [3.05, 3.63) is 34.9 Å². The van der Waals surface area contributed by atoms with Gasteiger partial charge in [0.2, 0.25) is 0 Å². The second-order valence-corrected chi connectivity index (χ2v) is 6.10. The average Bonchev–Trinajstić information content (AvgIpc) is 2.14. The Morgan fingerprint density at radius 1 is 1.19 bits per heavy atom. The van der Waals surface area contributed by atoms with Gasteiger partial charge in [-0.25, -0.2) is 0 Å². The molecule has 16 heavy (non-hydrogen) atoms. The Morgan fingerprint density at radius 3 is 2.06 bits per heavy atom. The van der Waals surface area contributed by atoms with Gasteiger partial charge in [0.15, 0.2) is 0 Å². The van der Waals surface area contributed by atoms with Crippen molar-refractivity contribution in [2.45, 2.75) is 39.0 Å². The fraction of sp³-hybridized carbons (Fsp3) is 0.500. The molecule has 86 valence electrons. The van der Waals surface area contributed by atoms with Crippen molar-refractivity contribution < 1.29 is 4.79 Å². The summed E-state index contributed by atoms with van der Waals surface area (Å²) in [5.41, 5.74) is 1.14. The Bertz CT molecular complexity index is 409. The van der Waals surface area contributed by atoms with Crippen molar-refractivity contribution in [3.8, 4) is 0 Å². The van der Waals surface area contributed by atoms with Crippen LogP contribution in [-0.2, 0) is 10.2 Å². The molecule has 2 heteroatoms. The normalized spacial score (nSPS) is 21.2. The number of hydrogen-bond donors (Lipinski definition) is 0. The first-order chi connectivity index (χ1) is 7.36. The van der Waals surface area contributed by atoms with Crippen molar-refractivity contribution >= 4 is 17.4 Å². The third kappa shape index (κ3) is 1.78. The molecule has 0 aromatic heterocycles. The molecule has 0 aliphatic heterocycles. The number of Topliss-reactive ketones (excluding diaryl/α,β-unsaturated/α-hetero) is 1. The molecule has 1 aliphatic rings. The maximum atomic E-state index is 11.9. The van der Waals surface area contributed by atoms with Crippen molar-refractivity contribution in [1.82, 2.24) is 0 Å². The zero-order chi connectivity index (χ0) is 12.0. The SMILES string of the molecule is CC(=O)C1(c2ccc(Cl)cc2)CC(C)(C)C1. The van der Waals surface area contributed by atoms with Gasteiger partial charge in [-0.3, -0.25) is 4.79 Å². The molecule has 0 bridgehead atoms. The van der Waals surface area contributed by atoms with Crippen LogP contribution >= 0.6 is 11.6 Å². The van der Waals surface area contributed by atoms with E-state index in [2.05, 4.69) is 13.8 Å². The summed E-state index contributed by atoms with van der Waals surface area (Å²) in [5.74, 6) is 0.272. The predicted octanol–water partition coefficient (Wildman–Crippen LogP) is 3.99. The summed E-state index contributed by atoms with van der Waals surface area (Å²) in [7, 11) is 0. The van der Waals surface area contributed by atoms with Crippen LogP contribution in [0.4, 0.5) is 0 Å². The van der Waals surface area contributed by atoms with Gasteiger partial charge in [0.05, 0.1) is 5.41 Å². The van der Waals surface area contributed by atoms with Crippen molar-refractivity contribution in [1.29, 1.82) is 0 Å². The molecule has 1 aromatic carbocycles. The van der Waals surface area contributed by atoms with E-state index in [1.54, 1.807) is 6.92 Å². The molecule has 0 saturated heterocycles. The minimum Gasteiger partial charge on any atom is -0.299 e. The Labute approximate surface area is 102 Å². The molecule has 0 heterocycles. The first-order valence-corrected chi connectivity index (χ1v) is 6.01. The first kappa shape index (κ1) is 11.7. The fourth-order valence-corrected chi connectivity index (χ4v) is 3.13. The van der Waals surface area contributed by atoms with Crippen LogP contribution in [-0.4, -0.2) is 5.78 Å². The molecule has 1 fully saturated rings. The van der Waals surface area contributed by atoms with Crippen LogP contribution in [0.25, 0.3) is 0 Å². The lowest BCUT2D eigenvalue weighted by Gasteiger charge is -2.52. The molecule has 1 aliphatic carbocycles. The number of halogens is 1. The minimum atomic E-state index is -0.256. The van der Waals surface area contributed by atoms with Crippen LogP contribution in [0, 0.1) is 5.41 Å². The van der Waals surface area contributed by atoms with Gasteiger partial charge in [-0.1, -0.05) is 37.6 Å². The van der Waals surface area contributed by atoms with Gasteiger partial charge in [0, 0.05) is 5.02 Å². The lowest BCUT2D eigenvalue weighted by molar-refractivity contribution is -0.130. The molecule has 2 rings (SSSR count). The zero-order valence-electron chi connectivity index (χ0n) is 10.0. The van der Waals surface area contributed by atoms with E-state index in [9.17, 15) is 4.79 Å². The molecule has 1 nitrogen and oxygen atoms in total. The van der Waals surface area contributed by atoms with E-state index in [4.69, 9.17) is 11.6 Å². The smallest absolute Gasteiger partial charge is 0.140 e. The molecule has 0 amide bonds.